The summed E-state index contributed by atoms with van der Waals surface area (Å²) in [5.74, 6) is -1.46. The highest BCUT2D eigenvalue weighted by molar-refractivity contribution is 7.92. The summed E-state index contributed by atoms with van der Waals surface area (Å²) in [6, 6.07) is 6.80. The summed E-state index contributed by atoms with van der Waals surface area (Å²) in [5, 5.41) is 10.0. The lowest BCUT2D eigenvalue weighted by Gasteiger charge is -2.24. The minimum atomic E-state index is -3.59. The molecule has 0 saturated heterocycles. The number of carboxylic acid groups (broad SMARTS) is 1. The van der Waals surface area contributed by atoms with Gasteiger partial charge in [0.2, 0.25) is 15.7 Å². The molecule has 29 heavy (non-hydrogen) atoms. The van der Waals surface area contributed by atoms with Gasteiger partial charge in [-0.15, -0.1) is 0 Å². The molecule has 4 rings (SSSR count). The Balaban J connectivity index is 2.01. The quantitative estimate of drug-likeness (QED) is 0.695. The van der Waals surface area contributed by atoms with Crippen LogP contribution in [0.2, 0.25) is 0 Å². The number of anilines is 1. The second-order valence-electron chi connectivity index (χ2n) is 6.75. The van der Waals surface area contributed by atoms with E-state index in [-0.39, 0.29) is 34.8 Å². The van der Waals surface area contributed by atoms with Gasteiger partial charge in [0.05, 0.1) is 11.6 Å². The van der Waals surface area contributed by atoms with Crippen molar-refractivity contribution in [1.82, 2.24) is 4.98 Å². The Morgan fingerprint density at radius 3 is 2.66 bits per heavy atom. The number of allylic oxidation sites excluding steroid dienone is 1. The van der Waals surface area contributed by atoms with Crippen LogP contribution in [-0.4, -0.2) is 37.3 Å². The first kappa shape index (κ1) is 19.1. The van der Waals surface area contributed by atoms with E-state index >= 15 is 0 Å². The van der Waals surface area contributed by atoms with Crippen molar-refractivity contribution in [2.24, 2.45) is 0 Å². The number of sulfonamides is 1. The summed E-state index contributed by atoms with van der Waals surface area (Å²) in [6.07, 6.45) is 6.04. The van der Waals surface area contributed by atoms with Gasteiger partial charge in [0.25, 0.3) is 0 Å². The molecular formula is C20H17FN2O5S. The first-order chi connectivity index (χ1) is 13.8. The third-order valence-corrected chi connectivity index (χ3v) is 5.83. The Labute approximate surface area is 166 Å². The fraction of sp³-hybridized carbons (Fsp3) is 0.200. The maximum atomic E-state index is 13.3. The first-order valence-electron chi connectivity index (χ1n) is 8.87. The Kier molecular flexibility index (Phi) is 4.62. The lowest BCUT2D eigenvalue weighted by Crippen LogP contribution is -2.32. The van der Waals surface area contributed by atoms with Crippen LogP contribution in [0.5, 0.6) is 0 Å². The Bertz CT molecular complexity index is 1250. The molecule has 2 aromatic heterocycles. The summed E-state index contributed by atoms with van der Waals surface area (Å²) in [7, 11) is -3.59. The van der Waals surface area contributed by atoms with Crippen molar-refractivity contribution in [2.45, 2.75) is 12.8 Å². The number of fused-ring (bicyclic) bond motifs is 2. The number of nitrogens with zero attached hydrogens (tertiary/aromatic N) is 2. The van der Waals surface area contributed by atoms with E-state index in [2.05, 4.69) is 4.98 Å². The molecule has 1 aliphatic rings. The number of hydrogen-bond acceptors (Lipinski definition) is 5. The molecule has 0 radical (unpaired) electrons. The van der Waals surface area contributed by atoms with Crippen LogP contribution >= 0.6 is 0 Å². The summed E-state index contributed by atoms with van der Waals surface area (Å²) in [4.78, 5) is 16.3. The number of carbonyl (C=O) groups is 1. The van der Waals surface area contributed by atoms with Gasteiger partial charge in [-0.3, -0.25) is 4.31 Å². The van der Waals surface area contributed by atoms with E-state index in [0.717, 1.165) is 6.26 Å². The molecule has 150 valence electrons. The summed E-state index contributed by atoms with van der Waals surface area (Å²) in [5.41, 5.74) is 0.757. The van der Waals surface area contributed by atoms with E-state index in [1.807, 2.05) is 6.08 Å². The van der Waals surface area contributed by atoms with Crippen molar-refractivity contribution >= 4 is 39.0 Å². The average Bonchev–Trinajstić information content (AvgIpc) is 2.99. The SMILES string of the molecule is CS(=O)(=O)N1CCCC=Cc2cc3c(C(=O)O)c(-c4ccc(F)cc4)oc3nc21. The highest BCUT2D eigenvalue weighted by Gasteiger charge is 2.27. The van der Waals surface area contributed by atoms with Crippen molar-refractivity contribution in [3.8, 4) is 11.3 Å². The predicted molar refractivity (Wildman–Crippen MR) is 107 cm³/mol. The van der Waals surface area contributed by atoms with Gasteiger partial charge in [0, 0.05) is 17.7 Å². The maximum Gasteiger partial charge on any atom is 0.340 e. The van der Waals surface area contributed by atoms with Crippen LogP contribution in [0.4, 0.5) is 10.2 Å². The number of rotatable bonds is 3. The smallest absolute Gasteiger partial charge is 0.340 e. The number of hydrogen-bond donors (Lipinski definition) is 1. The van der Waals surface area contributed by atoms with Crippen molar-refractivity contribution in [2.75, 3.05) is 17.1 Å². The number of furan rings is 1. The lowest BCUT2D eigenvalue weighted by atomic mass is 10.0. The molecule has 9 heteroatoms. The third kappa shape index (κ3) is 3.49. The normalized spacial score (nSPS) is 14.5. The summed E-state index contributed by atoms with van der Waals surface area (Å²) >= 11 is 0. The van der Waals surface area contributed by atoms with Gasteiger partial charge in [-0.2, -0.15) is 4.98 Å². The standard InChI is InChI=1S/C20H17FN2O5S/c1-29(26,27)23-10-4-2-3-5-13-11-15-16(20(24)25)17(28-19(15)22-18(13)23)12-6-8-14(21)9-7-12/h3,5-9,11H,2,4,10H2,1H3,(H,24,25). The van der Waals surface area contributed by atoms with Crippen LogP contribution in [0.3, 0.4) is 0 Å². The monoisotopic (exact) mass is 416 g/mol. The molecule has 0 amide bonds. The number of pyridine rings is 1. The van der Waals surface area contributed by atoms with Gasteiger partial charge in [0.1, 0.15) is 11.4 Å². The number of benzene rings is 1. The minimum Gasteiger partial charge on any atom is -0.478 e. The highest BCUT2D eigenvalue weighted by atomic mass is 32.2. The van der Waals surface area contributed by atoms with Gasteiger partial charge >= 0.3 is 5.97 Å². The summed E-state index contributed by atoms with van der Waals surface area (Å²) < 4.78 is 44.8. The second kappa shape index (κ2) is 7.00. The average molecular weight is 416 g/mol. The molecule has 7 nitrogen and oxygen atoms in total. The van der Waals surface area contributed by atoms with E-state index in [1.54, 1.807) is 12.1 Å². The molecule has 0 aliphatic carbocycles. The Morgan fingerprint density at radius 2 is 2.00 bits per heavy atom. The predicted octanol–water partition coefficient (Wildman–Crippen LogP) is 3.91. The largest absolute Gasteiger partial charge is 0.478 e. The molecule has 1 aliphatic heterocycles. The van der Waals surface area contributed by atoms with E-state index in [4.69, 9.17) is 4.42 Å². The fourth-order valence-electron chi connectivity index (χ4n) is 3.36. The van der Waals surface area contributed by atoms with Crippen LogP contribution < -0.4 is 4.31 Å². The molecule has 0 atom stereocenters. The van der Waals surface area contributed by atoms with Gasteiger partial charge < -0.3 is 9.52 Å². The molecule has 1 N–H and O–H groups in total. The molecule has 1 aromatic carbocycles. The van der Waals surface area contributed by atoms with Gasteiger partial charge in [-0.25, -0.2) is 17.6 Å². The number of halogens is 1. The zero-order chi connectivity index (χ0) is 20.8. The second-order valence-corrected chi connectivity index (χ2v) is 8.66. The Morgan fingerprint density at radius 1 is 1.28 bits per heavy atom. The number of aromatic carboxylic acids is 1. The topological polar surface area (TPSA) is 101 Å². The molecule has 3 aromatic rings. The molecule has 0 spiro atoms. The first-order valence-corrected chi connectivity index (χ1v) is 10.7. The zero-order valence-corrected chi connectivity index (χ0v) is 16.2. The van der Waals surface area contributed by atoms with Crippen molar-refractivity contribution in [3.63, 3.8) is 0 Å². The molecule has 0 bridgehead atoms. The van der Waals surface area contributed by atoms with E-state index in [0.29, 0.717) is 24.0 Å². The van der Waals surface area contributed by atoms with Crippen LogP contribution in [0, 0.1) is 5.82 Å². The highest BCUT2D eigenvalue weighted by Crippen LogP contribution is 2.37. The van der Waals surface area contributed by atoms with Crippen molar-refractivity contribution < 1.29 is 27.1 Å². The van der Waals surface area contributed by atoms with Gasteiger partial charge in [0.15, 0.2) is 11.6 Å². The van der Waals surface area contributed by atoms with Crippen LogP contribution in [0.1, 0.15) is 28.8 Å². The van der Waals surface area contributed by atoms with Crippen molar-refractivity contribution in [1.29, 1.82) is 0 Å². The van der Waals surface area contributed by atoms with E-state index in [9.17, 15) is 22.7 Å². The number of carboxylic acids is 1. The van der Waals surface area contributed by atoms with Crippen LogP contribution in [-0.2, 0) is 10.0 Å². The van der Waals surface area contributed by atoms with Crippen LogP contribution in [0.15, 0.2) is 40.8 Å². The van der Waals surface area contributed by atoms with Crippen molar-refractivity contribution in [3.05, 3.63) is 53.4 Å². The summed E-state index contributed by atoms with van der Waals surface area (Å²) in [6.45, 7) is 0.256. The molecule has 0 saturated carbocycles. The number of aromatic nitrogens is 1. The molecular weight excluding hydrogens is 399 g/mol. The van der Waals surface area contributed by atoms with Crippen LogP contribution in [0.25, 0.3) is 28.5 Å². The maximum absolute atomic E-state index is 13.3. The van der Waals surface area contributed by atoms with E-state index in [1.165, 1.54) is 28.6 Å². The third-order valence-electron chi connectivity index (χ3n) is 4.68. The molecule has 3 heterocycles. The minimum absolute atomic E-state index is 0.00287. The lowest BCUT2D eigenvalue weighted by molar-refractivity contribution is 0.0699. The Hall–Kier alpha value is -3.20. The molecule has 0 fully saturated rings. The van der Waals surface area contributed by atoms with Gasteiger partial charge in [-0.05, 0) is 43.2 Å². The van der Waals surface area contributed by atoms with Gasteiger partial charge in [-0.1, -0.05) is 12.2 Å². The fourth-order valence-corrected chi connectivity index (χ4v) is 4.28. The zero-order valence-electron chi connectivity index (χ0n) is 15.4. The van der Waals surface area contributed by atoms with E-state index < -0.39 is 21.8 Å². The molecule has 0 unspecified atom stereocenters.